The Morgan fingerprint density at radius 1 is 0.833 bits per heavy atom. The molecule has 0 unspecified atom stereocenters. The Labute approximate surface area is 110 Å². The molecule has 2 aliphatic carbocycles. The van der Waals surface area contributed by atoms with Crippen LogP contribution in [0.4, 0.5) is 4.39 Å². The first-order chi connectivity index (χ1) is 8.81. The molecule has 0 saturated heterocycles. The molecular weight excluding hydrogens is 223 g/mol. The van der Waals surface area contributed by atoms with E-state index in [2.05, 4.69) is 12.1 Å². The molecule has 0 heterocycles. The lowest BCUT2D eigenvalue weighted by molar-refractivity contribution is 0.204. The second-order valence-corrected chi connectivity index (χ2v) is 6.21. The minimum Gasteiger partial charge on any atom is -0.207 e. The van der Waals surface area contributed by atoms with Gasteiger partial charge in [-0.25, -0.2) is 4.39 Å². The van der Waals surface area contributed by atoms with Gasteiger partial charge in [-0.2, -0.15) is 0 Å². The first-order valence-corrected chi connectivity index (χ1v) is 7.57. The molecule has 0 amide bonds. The highest BCUT2D eigenvalue weighted by atomic mass is 19.1. The van der Waals surface area contributed by atoms with Crippen LogP contribution in [0, 0.1) is 11.7 Å². The Morgan fingerprint density at radius 2 is 1.44 bits per heavy atom. The van der Waals surface area contributed by atoms with Gasteiger partial charge in [-0.05, 0) is 54.7 Å². The zero-order valence-electron chi connectivity index (χ0n) is 11.1. The molecule has 2 aliphatic rings. The van der Waals surface area contributed by atoms with Crippen molar-refractivity contribution in [1.29, 1.82) is 0 Å². The van der Waals surface area contributed by atoms with Gasteiger partial charge >= 0.3 is 0 Å². The number of hydrogen-bond acceptors (Lipinski definition) is 0. The predicted molar refractivity (Wildman–Crippen MR) is 73.1 cm³/mol. The van der Waals surface area contributed by atoms with Crippen molar-refractivity contribution in [3.8, 4) is 0 Å². The van der Waals surface area contributed by atoms with E-state index in [1.165, 1.54) is 63.4 Å². The van der Waals surface area contributed by atoms with Gasteiger partial charge < -0.3 is 0 Å². The summed E-state index contributed by atoms with van der Waals surface area (Å²) in [4.78, 5) is 0. The fourth-order valence-electron chi connectivity index (χ4n) is 4.38. The molecule has 0 spiro atoms. The van der Waals surface area contributed by atoms with Crippen LogP contribution in [0.25, 0.3) is 0 Å². The van der Waals surface area contributed by atoms with E-state index in [1.807, 2.05) is 0 Å². The maximum absolute atomic E-state index is 13.1. The third-order valence-corrected chi connectivity index (χ3v) is 5.30. The van der Waals surface area contributed by atoms with E-state index in [-0.39, 0.29) is 5.82 Å². The molecule has 2 fully saturated rings. The molecule has 1 heteroatoms. The second-order valence-electron chi connectivity index (χ2n) is 6.21. The molecular formula is C17H23F. The van der Waals surface area contributed by atoms with Crippen LogP contribution < -0.4 is 0 Å². The summed E-state index contributed by atoms with van der Waals surface area (Å²) in [6, 6.07) is 7.40. The number of hydrogen-bond donors (Lipinski definition) is 0. The third-order valence-electron chi connectivity index (χ3n) is 5.30. The monoisotopic (exact) mass is 246 g/mol. The van der Waals surface area contributed by atoms with E-state index >= 15 is 0 Å². The SMILES string of the molecule is Fc1ccc(C2(C3CCCCC3)CCCC2)cc1. The van der Waals surface area contributed by atoms with Gasteiger partial charge in [-0.3, -0.25) is 0 Å². The molecule has 0 atom stereocenters. The zero-order valence-corrected chi connectivity index (χ0v) is 11.1. The highest BCUT2D eigenvalue weighted by Gasteiger charge is 2.42. The number of benzene rings is 1. The first kappa shape index (κ1) is 12.2. The molecule has 98 valence electrons. The van der Waals surface area contributed by atoms with Crippen molar-refractivity contribution >= 4 is 0 Å². The summed E-state index contributed by atoms with van der Waals surface area (Å²) < 4.78 is 13.1. The fraction of sp³-hybridized carbons (Fsp3) is 0.647. The quantitative estimate of drug-likeness (QED) is 0.671. The van der Waals surface area contributed by atoms with E-state index in [1.54, 1.807) is 12.1 Å². The maximum Gasteiger partial charge on any atom is 0.123 e. The van der Waals surface area contributed by atoms with Gasteiger partial charge in [0.25, 0.3) is 0 Å². The molecule has 0 bridgehead atoms. The Bertz CT molecular complexity index is 381. The first-order valence-electron chi connectivity index (χ1n) is 7.57. The molecule has 0 radical (unpaired) electrons. The van der Waals surface area contributed by atoms with Crippen molar-refractivity contribution in [2.24, 2.45) is 5.92 Å². The molecule has 0 aliphatic heterocycles. The average Bonchev–Trinajstić information content (AvgIpc) is 2.91. The lowest BCUT2D eigenvalue weighted by atomic mass is 9.64. The molecule has 18 heavy (non-hydrogen) atoms. The fourth-order valence-corrected chi connectivity index (χ4v) is 4.38. The summed E-state index contributed by atoms with van der Waals surface area (Å²) in [5.41, 5.74) is 1.79. The van der Waals surface area contributed by atoms with Crippen LogP contribution >= 0.6 is 0 Å². The summed E-state index contributed by atoms with van der Waals surface area (Å²) in [6.45, 7) is 0. The normalized spacial score (nSPS) is 24.3. The van der Waals surface area contributed by atoms with Gasteiger partial charge in [-0.15, -0.1) is 0 Å². The summed E-state index contributed by atoms with van der Waals surface area (Å²) in [7, 11) is 0. The van der Waals surface area contributed by atoms with Crippen LogP contribution in [0.5, 0.6) is 0 Å². The van der Waals surface area contributed by atoms with Gasteiger partial charge in [0.2, 0.25) is 0 Å². The van der Waals surface area contributed by atoms with E-state index < -0.39 is 0 Å². The largest absolute Gasteiger partial charge is 0.207 e. The molecule has 3 rings (SSSR count). The summed E-state index contributed by atoms with van der Waals surface area (Å²) in [6.07, 6.45) is 12.3. The van der Waals surface area contributed by atoms with E-state index in [4.69, 9.17) is 0 Å². The summed E-state index contributed by atoms with van der Waals surface area (Å²) >= 11 is 0. The summed E-state index contributed by atoms with van der Waals surface area (Å²) in [5, 5.41) is 0. The van der Waals surface area contributed by atoms with Gasteiger partial charge in [0, 0.05) is 0 Å². The van der Waals surface area contributed by atoms with Crippen LogP contribution in [0.15, 0.2) is 24.3 Å². The lowest BCUT2D eigenvalue weighted by Crippen LogP contribution is -2.33. The van der Waals surface area contributed by atoms with E-state index in [0.717, 1.165) is 5.92 Å². The van der Waals surface area contributed by atoms with Gasteiger partial charge in [0.15, 0.2) is 0 Å². The van der Waals surface area contributed by atoms with Crippen LogP contribution in [0.2, 0.25) is 0 Å². The van der Waals surface area contributed by atoms with Gasteiger partial charge in [0.1, 0.15) is 5.82 Å². The molecule has 1 aromatic rings. The zero-order chi connectivity index (χ0) is 12.4. The molecule has 0 nitrogen and oxygen atoms in total. The highest BCUT2D eigenvalue weighted by molar-refractivity contribution is 5.28. The second kappa shape index (κ2) is 5.03. The van der Waals surface area contributed by atoms with Crippen LogP contribution in [-0.2, 0) is 5.41 Å². The van der Waals surface area contributed by atoms with Crippen molar-refractivity contribution in [2.45, 2.75) is 63.2 Å². The topological polar surface area (TPSA) is 0 Å². The standard InChI is InChI=1S/C17H23F/c18-16-10-8-15(9-11-16)17(12-4-5-13-17)14-6-2-1-3-7-14/h8-11,14H,1-7,12-13H2. The van der Waals surface area contributed by atoms with Gasteiger partial charge in [-0.1, -0.05) is 44.2 Å². The van der Waals surface area contributed by atoms with Crippen molar-refractivity contribution in [2.75, 3.05) is 0 Å². The van der Waals surface area contributed by atoms with Crippen molar-refractivity contribution in [1.82, 2.24) is 0 Å². The third kappa shape index (κ3) is 2.08. The molecule has 0 N–H and O–H groups in total. The minimum atomic E-state index is -0.101. The van der Waals surface area contributed by atoms with Crippen molar-refractivity contribution < 1.29 is 4.39 Å². The van der Waals surface area contributed by atoms with Crippen molar-refractivity contribution in [3.63, 3.8) is 0 Å². The lowest BCUT2D eigenvalue weighted by Gasteiger charge is -2.40. The Morgan fingerprint density at radius 3 is 2.06 bits per heavy atom. The minimum absolute atomic E-state index is 0.101. The number of rotatable bonds is 2. The Balaban J connectivity index is 1.92. The Kier molecular flexibility index (Phi) is 3.41. The van der Waals surface area contributed by atoms with Gasteiger partial charge in [0.05, 0.1) is 0 Å². The van der Waals surface area contributed by atoms with Crippen molar-refractivity contribution in [3.05, 3.63) is 35.6 Å². The predicted octanol–water partition coefficient (Wildman–Crippen LogP) is 5.22. The van der Waals surface area contributed by atoms with Crippen LogP contribution in [0.3, 0.4) is 0 Å². The number of halogens is 1. The molecule has 1 aromatic carbocycles. The van der Waals surface area contributed by atoms with Crippen LogP contribution in [-0.4, -0.2) is 0 Å². The Hall–Kier alpha value is -0.850. The van der Waals surface area contributed by atoms with E-state index in [0.29, 0.717) is 5.41 Å². The van der Waals surface area contributed by atoms with E-state index in [9.17, 15) is 4.39 Å². The highest BCUT2D eigenvalue weighted by Crippen LogP contribution is 2.51. The van der Waals surface area contributed by atoms with Crippen LogP contribution in [0.1, 0.15) is 63.4 Å². The summed E-state index contributed by atoms with van der Waals surface area (Å²) in [5.74, 6) is 0.745. The smallest absolute Gasteiger partial charge is 0.123 e. The molecule has 2 saturated carbocycles. The average molecular weight is 246 g/mol. The molecule has 0 aromatic heterocycles. The maximum atomic E-state index is 13.1.